The first-order chi connectivity index (χ1) is 23.4. The Labute approximate surface area is 276 Å². The van der Waals surface area contributed by atoms with Gasteiger partial charge in [0.15, 0.2) is 0 Å². The van der Waals surface area contributed by atoms with E-state index in [4.69, 9.17) is 19.2 Å². The molecular formula is C36H34N6O6. The first-order valence-corrected chi connectivity index (χ1v) is 15.8. The Morgan fingerprint density at radius 3 is 2.56 bits per heavy atom. The number of carbonyl (C=O) groups excluding carboxylic acids is 3. The van der Waals surface area contributed by atoms with Crippen molar-refractivity contribution in [2.45, 2.75) is 25.4 Å². The maximum atomic E-state index is 12.9. The summed E-state index contributed by atoms with van der Waals surface area (Å²) in [5, 5.41) is 5.63. The smallest absolute Gasteiger partial charge is 0.255 e. The summed E-state index contributed by atoms with van der Waals surface area (Å²) < 4.78 is 18.9. The fourth-order valence-electron chi connectivity index (χ4n) is 5.98. The van der Waals surface area contributed by atoms with Gasteiger partial charge < -0.3 is 28.8 Å². The number of anilines is 1. The van der Waals surface area contributed by atoms with Crippen molar-refractivity contribution in [3.63, 3.8) is 0 Å². The van der Waals surface area contributed by atoms with E-state index in [9.17, 15) is 14.4 Å². The van der Waals surface area contributed by atoms with E-state index in [2.05, 4.69) is 39.9 Å². The van der Waals surface area contributed by atoms with Gasteiger partial charge in [0.2, 0.25) is 11.8 Å². The molecule has 1 fully saturated rings. The fraction of sp³-hybridized carbons (Fsp3) is 0.250. The number of carbonyl (C=O) groups is 3. The Morgan fingerprint density at radius 2 is 1.73 bits per heavy atom. The van der Waals surface area contributed by atoms with Crippen LogP contribution in [0, 0.1) is 0 Å². The molecule has 2 aromatic carbocycles. The van der Waals surface area contributed by atoms with Gasteiger partial charge in [-0.2, -0.15) is 0 Å². The number of hydrogen-bond donors (Lipinski definition) is 2. The maximum Gasteiger partial charge on any atom is 0.255 e. The zero-order valence-corrected chi connectivity index (χ0v) is 26.3. The monoisotopic (exact) mass is 646 g/mol. The van der Waals surface area contributed by atoms with Crippen LogP contribution in [0.5, 0.6) is 11.5 Å². The summed E-state index contributed by atoms with van der Waals surface area (Å²) in [5.74, 6) is 1.22. The van der Waals surface area contributed by atoms with Gasteiger partial charge in [-0.25, -0.2) is 9.97 Å². The van der Waals surface area contributed by atoms with Crippen LogP contribution in [-0.2, 0) is 20.9 Å². The molecule has 1 atom stereocenters. The van der Waals surface area contributed by atoms with Crippen molar-refractivity contribution in [3.8, 4) is 33.9 Å². The molecule has 0 spiro atoms. The standard InChI is InChI=1S/C36H34N6O6/c1-46-28-7-10-33-39-30(22-41(33)21-28)24-4-2-23(3-5-24)25-12-13-37-32(19-25)38-14-15-47-16-17-48-27-6-8-29-26(18-27)20-42(36(29)45)31-9-11-34(43)40-35(31)44/h2-8,10,12-13,18-19,21-22,31H,9,11,14-17,20H2,1H3,(H,37,38)(H,40,43,44). The number of aromatic nitrogens is 3. The minimum Gasteiger partial charge on any atom is -0.495 e. The van der Waals surface area contributed by atoms with Crippen molar-refractivity contribution in [2.24, 2.45) is 0 Å². The van der Waals surface area contributed by atoms with E-state index in [1.807, 2.05) is 47.1 Å². The molecule has 1 saturated heterocycles. The van der Waals surface area contributed by atoms with E-state index >= 15 is 0 Å². The zero-order valence-electron chi connectivity index (χ0n) is 26.3. The fourth-order valence-corrected chi connectivity index (χ4v) is 5.98. The van der Waals surface area contributed by atoms with Crippen LogP contribution >= 0.6 is 0 Å². The number of nitrogens with zero attached hydrogens (tertiary/aromatic N) is 4. The lowest BCUT2D eigenvalue weighted by Gasteiger charge is -2.29. The predicted molar refractivity (Wildman–Crippen MR) is 178 cm³/mol. The van der Waals surface area contributed by atoms with Crippen molar-refractivity contribution >= 4 is 29.2 Å². The number of nitrogens with one attached hydrogen (secondary N) is 2. The number of methoxy groups -OCH3 is 1. The molecule has 12 heteroatoms. The summed E-state index contributed by atoms with van der Waals surface area (Å²) in [6.07, 6.45) is 6.24. The Morgan fingerprint density at radius 1 is 0.896 bits per heavy atom. The van der Waals surface area contributed by atoms with Crippen LogP contribution < -0.4 is 20.1 Å². The Balaban J connectivity index is 0.852. The Bertz CT molecular complexity index is 1990. The summed E-state index contributed by atoms with van der Waals surface area (Å²) in [4.78, 5) is 47.3. The second-order valence-corrected chi connectivity index (χ2v) is 11.6. The van der Waals surface area contributed by atoms with E-state index in [-0.39, 0.29) is 18.2 Å². The second-order valence-electron chi connectivity index (χ2n) is 11.6. The molecule has 5 aromatic rings. The van der Waals surface area contributed by atoms with Crippen molar-refractivity contribution < 1.29 is 28.6 Å². The van der Waals surface area contributed by atoms with Crippen molar-refractivity contribution in [3.05, 3.63) is 96.4 Å². The highest BCUT2D eigenvalue weighted by Gasteiger charge is 2.39. The lowest BCUT2D eigenvalue weighted by molar-refractivity contribution is -0.136. The minimum atomic E-state index is -0.640. The number of benzene rings is 2. The highest BCUT2D eigenvalue weighted by atomic mass is 16.5. The topological polar surface area (TPSA) is 136 Å². The van der Waals surface area contributed by atoms with Gasteiger partial charge in [0.1, 0.15) is 35.6 Å². The number of ether oxygens (including phenoxy) is 3. The molecule has 244 valence electrons. The molecule has 5 heterocycles. The number of hydrogen-bond acceptors (Lipinski definition) is 9. The van der Waals surface area contributed by atoms with Crippen molar-refractivity contribution in [1.82, 2.24) is 24.6 Å². The van der Waals surface area contributed by atoms with Gasteiger partial charge in [-0.3, -0.25) is 19.7 Å². The van der Waals surface area contributed by atoms with Crippen LogP contribution in [0.1, 0.15) is 28.8 Å². The molecule has 1 unspecified atom stereocenters. The molecule has 0 saturated carbocycles. The molecule has 7 rings (SSSR count). The van der Waals surface area contributed by atoms with Gasteiger partial charge in [-0.05, 0) is 65.6 Å². The molecule has 0 bridgehead atoms. The van der Waals surface area contributed by atoms with Crippen LogP contribution in [0.2, 0.25) is 0 Å². The predicted octanol–water partition coefficient (Wildman–Crippen LogP) is 4.34. The number of pyridine rings is 2. The highest BCUT2D eigenvalue weighted by Crippen LogP contribution is 2.30. The van der Waals surface area contributed by atoms with Crippen LogP contribution in [0.4, 0.5) is 5.82 Å². The molecule has 48 heavy (non-hydrogen) atoms. The van der Waals surface area contributed by atoms with Gasteiger partial charge in [0.05, 0.1) is 32.2 Å². The van der Waals surface area contributed by atoms with Gasteiger partial charge in [0, 0.05) is 43.0 Å². The van der Waals surface area contributed by atoms with Crippen molar-refractivity contribution in [1.29, 1.82) is 0 Å². The van der Waals surface area contributed by atoms with Gasteiger partial charge in [-0.15, -0.1) is 0 Å². The summed E-state index contributed by atoms with van der Waals surface area (Å²) in [5.41, 5.74) is 6.24. The third kappa shape index (κ3) is 6.56. The average molecular weight is 647 g/mol. The summed E-state index contributed by atoms with van der Waals surface area (Å²) in [6.45, 7) is 2.08. The molecule has 0 radical (unpaired) electrons. The first kappa shape index (κ1) is 30.9. The summed E-state index contributed by atoms with van der Waals surface area (Å²) in [6, 6.07) is 20.8. The second kappa shape index (κ2) is 13.5. The van der Waals surface area contributed by atoms with E-state index < -0.39 is 11.9 Å². The molecular weight excluding hydrogens is 612 g/mol. The van der Waals surface area contributed by atoms with Crippen molar-refractivity contribution in [2.75, 3.05) is 38.8 Å². The molecule has 2 aliphatic heterocycles. The quantitative estimate of drug-likeness (QED) is 0.150. The number of amides is 3. The lowest BCUT2D eigenvalue weighted by Crippen LogP contribution is -2.52. The number of fused-ring (bicyclic) bond motifs is 2. The molecule has 2 N–H and O–H groups in total. The van der Waals surface area contributed by atoms with Gasteiger partial charge >= 0.3 is 0 Å². The summed E-state index contributed by atoms with van der Waals surface area (Å²) >= 11 is 0. The lowest BCUT2D eigenvalue weighted by atomic mass is 10.0. The minimum absolute atomic E-state index is 0.207. The average Bonchev–Trinajstić information content (AvgIpc) is 3.68. The van der Waals surface area contributed by atoms with Crippen LogP contribution in [-0.4, -0.2) is 76.5 Å². The molecule has 3 aromatic heterocycles. The Hall–Kier alpha value is -5.75. The number of imidazole rings is 1. The third-order valence-corrected chi connectivity index (χ3v) is 8.48. The zero-order chi connectivity index (χ0) is 33.0. The molecule has 2 aliphatic rings. The van der Waals surface area contributed by atoms with Crippen LogP contribution in [0.15, 0.2) is 85.3 Å². The normalized spacial score (nSPS) is 15.8. The van der Waals surface area contributed by atoms with E-state index in [0.717, 1.165) is 45.2 Å². The number of rotatable bonds is 12. The molecule has 3 amide bonds. The molecule has 12 nitrogen and oxygen atoms in total. The first-order valence-electron chi connectivity index (χ1n) is 15.8. The van der Waals surface area contributed by atoms with Gasteiger partial charge in [-0.1, -0.05) is 24.3 Å². The van der Waals surface area contributed by atoms with E-state index in [1.54, 1.807) is 25.4 Å². The third-order valence-electron chi connectivity index (χ3n) is 8.48. The highest BCUT2D eigenvalue weighted by molar-refractivity contribution is 6.05. The number of imide groups is 1. The van der Waals surface area contributed by atoms with E-state index in [0.29, 0.717) is 50.6 Å². The largest absolute Gasteiger partial charge is 0.495 e. The van der Waals surface area contributed by atoms with E-state index in [1.165, 1.54) is 4.90 Å². The van der Waals surface area contributed by atoms with Gasteiger partial charge in [0.25, 0.3) is 5.91 Å². The van der Waals surface area contributed by atoms with Crippen LogP contribution in [0.25, 0.3) is 28.0 Å². The Kier molecular flexibility index (Phi) is 8.71. The summed E-state index contributed by atoms with van der Waals surface area (Å²) in [7, 11) is 1.65. The SMILES string of the molecule is COc1ccc2nc(-c3ccc(-c4ccnc(NCCOCCOc5ccc6c(c5)CN(C5CCC(=O)NC5=O)C6=O)c4)cc3)cn2c1. The number of piperidine rings is 1. The van der Waals surface area contributed by atoms with Crippen LogP contribution in [0.3, 0.4) is 0 Å². The maximum absolute atomic E-state index is 12.9. The molecule has 0 aliphatic carbocycles.